The zero-order valence-corrected chi connectivity index (χ0v) is 15.9. The Morgan fingerprint density at radius 2 is 1.69 bits per heavy atom. The van der Waals surface area contributed by atoms with Crippen LogP contribution in [0.3, 0.4) is 0 Å². The van der Waals surface area contributed by atoms with E-state index < -0.39 is 35.6 Å². The summed E-state index contributed by atoms with van der Waals surface area (Å²) < 4.78 is 0. The summed E-state index contributed by atoms with van der Waals surface area (Å²) in [5.41, 5.74) is 2.19. The summed E-state index contributed by atoms with van der Waals surface area (Å²) in [5, 5.41) is 20.1. The average Bonchev–Trinajstić information content (AvgIpc) is 2.71. The zero-order valence-electron chi connectivity index (χ0n) is 15.9. The quantitative estimate of drug-likeness (QED) is 0.466. The predicted octanol–water partition coefficient (Wildman–Crippen LogP) is 2.81. The van der Waals surface area contributed by atoms with Gasteiger partial charge >= 0.3 is 11.9 Å². The minimum absolute atomic E-state index is 0.154. The van der Waals surface area contributed by atoms with Gasteiger partial charge in [0.2, 0.25) is 5.91 Å². The molecular weight excluding hydrogens is 372 g/mol. The third-order valence-corrected chi connectivity index (χ3v) is 5.56. The Balaban J connectivity index is 1.95. The van der Waals surface area contributed by atoms with Crippen LogP contribution in [-0.4, -0.2) is 28.1 Å². The van der Waals surface area contributed by atoms with Crippen molar-refractivity contribution in [2.45, 2.75) is 31.6 Å². The van der Waals surface area contributed by atoms with Crippen LogP contribution in [0.5, 0.6) is 0 Å². The number of rotatable bonds is 8. The second-order valence-corrected chi connectivity index (χ2v) is 7.30. The summed E-state index contributed by atoms with van der Waals surface area (Å²) in [5.74, 6) is 1.06. The van der Waals surface area contributed by atoms with E-state index >= 15 is 0 Å². The van der Waals surface area contributed by atoms with Crippen LogP contribution in [-0.2, 0) is 20.8 Å². The summed E-state index contributed by atoms with van der Waals surface area (Å²) in [6, 6.07) is 16.5. The molecule has 2 aromatic carbocycles. The van der Waals surface area contributed by atoms with Crippen LogP contribution >= 0.6 is 0 Å². The summed E-state index contributed by atoms with van der Waals surface area (Å²) in [7, 11) is 0. The minimum atomic E-state index is -1.08. The number of aliphatic carboxylic acids is 2. The standard InChI is InChI=1S/C22H24N2O5/c23-24-18-9-5-4-8-15(18)16(12-13-19(25)26)20(21(24)27)17(22(28)29)11-10-14-6-2-1-3-7-14/h1-9,16-17,20H,10-13,23H2,(H,25,26)(H,28,29). The maximum Gasteiger partial charge on any atom is 0.307 e. The molecule has 1 aliphatic heterocycles. The number of carboxylic acid groups (broad SMARTS) is 2. The van der Waals surface area contributed by atoms with Gasteiger partial charge in [0.15, 0.2) is 0 Å². The molecule has 0 bridgehead atoms. The third-order valence-electron chi connectivity index (χ3n) is 5.56. The van der Waals surface area contributed by atoms with Crippen LogP contribution in [0.4, 0.5) is 5.69 Å². The van der Waals surface area contributed by atoms with Crippen molar-refractivity contribution in [1.82, 2.24) is 0 Å². The molecule has 0 saturated heterocycles. The molecule has 1 aliphatic rings. The fourth-order valence-electron chi connectivity index (χ4n) is 4.16. The summed E-state index contributed by atoms with van der Waals surface area (Å²) >= 11 is 0. The van der Waals surface area contributed by atoms with Gasteiger partial charge in [-0.25, -0.2) is 10.9 Å². The predicted molar refractivity (Wildman–Crippen MR) is 107 cm³/mol. The molecule has 0 spiro atoms. The lowest BCUT2D eigenvalue weighted by Crippen LogP contribution is -2.51. The van der Waals surface area contributed by atoms with Crippen molar-refractivity contribution in [3.63, 3.8) is 0 Å². The van der Waals surface area contributed by atoms with Gasteiger partial charge in [-0.05, 0) is 42.4 Å². The first-order valence-corrected chi connectivity index (χ1v) is 9.56. The van der Waals surface area contributed by atoms with Crippen LogP contribution in [0.15, 0.2) is 54.6 Å². The Hall–Kier alpha value is -3.19. The summed E-state index contributed by atoms with van der Waals surface area (Å²) in [6.45, 7) is 0. The number of nitrogens with zero attached hydrogens (tertiary/aromatic N) is 1. The van der Waals surface area contributed by atoms with Gasteiger partial charge in [0.1, 0.15) is 0 Å². The van der Waals surface area contributed by atoms with Crippen LogP contribution in [0.2, 0.25) is 0 Å². The molecule has 1 amide bonds. The van der Waals surface area contributed by atoms with E-state index in [1.54, 1.807) is 24.3 Å². The van der Waals surface area contributed by atoms with E-state index in [0.717, 1.165) is 10.6 Å². The second-order valence-electron chi connectivity index (χ2n) is 7.30. The normalized spacial score (nSPS) is 19.5. The highest BCUT2D eigenvalue weighted by Crippen LogP contribution is 2.44. The van der Waals surface area contributed by atoms with Gasteiger partial charge in [-0.1, -0.05) is 48.5 Å². The number of benzene rings is 2. The number of hydrazine groups is 1. The number of carbonyl (C=O) groups excluding carboxylic acids is 1. The van der Waals surface area contributed by atoms with E-state index in [-0.39, 0.29) is 19.3 Å². The lowest BCUT2D eigenvalue weighted by Gasteiger charge is -2.39. The van der Waals surface area contributed by atoms with Gasteiger partial charge in [0.25, 0.3) is 0 Å². The number of para-hydroxylation sites is 1. The molecule has 152 valence electrons. The number of nitrogens with two attached hydrogens (primary N) is 1. The number of hydrogen-bond donors (Lipinski definition) is 3. The summed E-state index contributed by atoms with van der Waals surface area (Å²) in [6.07, 6.45) is 0.777. The molecule has 29 heavy (non-hydrogen) atoms. The Kier molecular flexibility index (Phi) is 6.29. The van der Waals surface area contributed by atoms with Gasteiger partial charge in [-0.2, -0.15) is 0 Å². The Labute approximate surface area is 168 Å². The van der Waals surface area contributed by atoms with E-state index in [9.17, 15) is 19.5 Å². The lowest BCUT2D eigenvalue weighted by molar-refractivity contribution is -0.148. The highest BCUT2D eigenvalue weighted by atomic mass is 16.4. The topological polar surface area (TPSA) is 121 Å². The molecular formula is C22H24N2O5. The van der Waals surface area contributed by atoms with E-state index in [1.807, 2.05) is 30.3 Å². The van der Waals surface area contributed by atoms with Crippen molar-refractivity contribution < 1.29 is 24.6 Å². The molecule has 3 atom stereocenters. The molecule has 0 radical (unpaired) electrons. The lowest BCUT2D eigenvalue weighted by atomic mass is 9.71. The van der Waals surface area contributed by atoms with Crippen molar-refractivity contribution in [1.29, 1.82) is 0 Å². The Morgan fingerprint density at radius 3 is 2.34 bits per heavy atom. The third kappa shape index (κ3) is 4.46. The number of amides is 1. The maximum absolute atomic E-state index is 13.1. The van der Waals surface area contributed by atoms with Crippen molar-refractivity contribution in [2.24, 2.45) is 17.7 Å². The number of anilines is 1. The fraction of sp³-hybridized carbons (Fsp3) is 0.318. The highest BCUT2D eigenvalue weighted by molar-refractivity contribution is 6.00. The molecule has 3 rings (SSSR count). The number of carboxylic acids is 2. The molecule has 2 aromatic rings. The van der Waals surface area contributed by atoms with Crippen LogP contribution in [0.1, 0.15) is 36.3 Å². The molecule has 0 aliphatic carbocycles. The van der Waals surface area contributed by atoms with Crippen molar-refractivity contribution in [3.05, 3.63) is 65.7 Å². The molecule has 0 saturated carbocycles. The van der Waals surface area contributed by atoms with Crippen molar-refractivity contribution in [2.75, 3.05) is 5.01 Å². The highest BCUT2D eigenvalue weighted by Gasteiger charge is 2.46. The largest absolute Gasteiger partial charge is 0.481 e. The van der Waals surface area contributed by atoms with Crippen LogP contribution < -0.4 is 10.9 Å². The Morgan fingerprint density at radius 1 is 1.03 bits per heavy atom. The first-order valence-electron chi connectivity index (χ1n) is 9.56. The first kappa shape index (κ1) is 20.5. The Bertz CT molecular complexity index is 899. The second kappa shape index (κ2) is 8.87. The number of hydrogen-bond acceptors (Lipinski definition) is 4. The van der Waals surface area contributed by atoms with E-state index in [1.165, 1.54) is 0 Å². The molecule has 3 unspecified atom stereocenters. The van der Waals surface area contributed by atoms with Crippen molar-refractivity contribution in [3.8, 4) is 0 Å². The fourth-order valence-corrected chi connectivity index (χ4v) is 4.16. The van der Waals surface area contributed by atoms with Gasteiger partial charge in [-0.3, -0.25) is 14.4 Å². The van der Waals surface area contributed by atoms with Crippen LogP contribution in [0.25, 0.3) is 0 Å². The van der Waals surface area contributed by atoms with E-state index in [0.29, 0.717) is 17.7 Å². The SMILES string of the molecule is NN1C(=O)C(C(CCc2ccccc2)C(=O)O)C(CCC(=O)O)c2ccccc21. The maximum atomic E-state index is 13.1. The van der Waals surface area contributed by atoms with Gasteiger partial charge in [0.05, 0.1) is 17.5 Å². The molecule has 1 heterocycles. The summed E-state index contributed by atoms with van der Waals surface area (Å²) in [4.78, 5) is 36.4. The smallest absolute Gasteiger partial charge is 0.307 e. The van der Waals surface area contributed by atoms with E-state index in [2.05, 4.69) is 0 Å². The average molecular weight is 396 g/mol. The molecule has 4 N–H and O–H groups in total. The number of carbonyl (C=O) groups is 3. The van der Waals surface area contributed by atoms with Gasteiger partial charge < -0.3 is 10.2 Å². The first-order chi connectivity index (χ1) is 13.9. The van der Waals surface area contributed by atoms with Crippen LogP contribution in [0, 0.1) is 11.8 Å². The number of aryl methyl sites for hydroxylation is 1. The molecule has 0 fully saturated rings. The molecule has 7 nitrogen and oxygen atoms in total. The van der Waals surface area contributed by atoms with Gasteiger partial charge in [0, 0.05) is 6.42 Å². The minimum Gasteiger partial charge on any atom is -0.481 e. The molecule has 0 aromatic heterocycles. The number of fused-ring (bicyclic) bond motifs is 1. The van der Waals surface area contributed by atoms with Gasteiger partial charge in [-0.15, -0.1) is 0 Å². The monoisotopic (exact) mass is 396 g/mol. The van der Waals surface area contributed by atoms with Crippen molar-refractivity contribution >= 4 is 23.5 Å². The zero-order chi connectivity index (χ0) is 21.0. The molecule has 7 heteroatoms. The van der Waals surface area contributed by atoms with E-state index in [4.69, 9.17) is 10.9 Å².